The first-order valence-corrected chi connectivity index (χ1v) is 6.48. The highest BCUT2D eigenvalue weighted by molar-refractivity contribution is 7.90. The lowest BCUT2D eigenvalue weighted by Gasteiger charge is -2.14. The Morgan fingerprint density at radius 1 is 1.19 bits per heavy atom. The third kappa shape index (κ3) is 2.28. The van der Waals surface area contributed by atoms with Gasteiger partial charge in [-0.3, -0.25) is 0 Å². The quantitative estimate of drug-likeness (QED) is 0.838. The van der Waals surface area contributed by atoms with Crippen molar-refractivity contribution in [1.82, 2.24) is 0 Å². The number of sulfone groups is 1. The molecule has 0 amide bonds. The van der Waals surface area contributed by atoms with Crippen LogP contribution in [0.15, 0.2) is 17.0 Å². The molecule has 0 radical (unpaired) electrons. The summed E-state index contributed by atoms with van der Waals surface area (Å²) in [6.07, 6.45) is 1.11. The maximum Gasteiger partial charge on any atom is 0.179 e. The van der Waals surface area contributed by atoms with E-state index >= 15 is 0 Å². The van der Waals surface area contributed by atoms with E-state index in [2.05, 4.69) is 0 Å². The molecule has 0 fully saturated rings. The number of nitrogens with two attached hydrogens (primary N) is 1. The van der Waals surface area contributed by atoms with Crippen LogP contribution in [0.1, 0.15) is 5.56 Å². The first-order chi connectivity index (χ1) is 7.45. The van der Waals surface area contributed by atoms with Gasteiger partial charge in [0.15, 0.2) is 9.84 Å². The van der Waals surface area contributed by atoms with E-state index in [9.17, 15) is 8.42 Å². The topological polar surface area (TPSA) is 78.6 Å². The van der Waals surface area contributed by atoms with Gasteiger partial charge >= 0.3 is 0 Å². The van der Waals surface area contributed by atoms with Crippen LogP contribution < -0.4 is 15.2 Å². The van der Waals surface area contributed by atoms with Crippen molar-refractivity contribution in [2.75, 3.05) is 20.5 Å². The van der Waals surface area contributed by atoms with Crippen molar-refractivity contribution >= 4 is 9.84 Å². The summed E-state index contributed by atoms with van der Waals surface area (Å²) in [6.45, 7) is 0.0722. The van der Waals surface area contributed by atoms with E-state index in [4.69, 9.17) is 15.2 Å². The molecule has 6 heteroatoms. The Kier molecular flexibility index (Phi) is 3.77. The lowest BCUT2D eigenvalue weighted by atomic mass is 10.2. The number of benzene rings is 1. The van der Waals surface area contributed by atoms with Crippen molar-refractivity contribution in [3.8, 4) is 11.5 Å². The predicted octanol–water partition coefficient (Wildman–Crippen LogP) is 0.566. The molecule has 0 aromatic heterocycles. The van der Waals surface area contributed by atoms with Crippen LogP contribution in [0.25, 0.3) is 0 Å². The van der Waals surface area contributed by atoms with E-state index in [1.54, 1.807) is 12.1 Å². The van der Waals surface area contributed by atoms with Crippen molar-refractivity contribution in [3.05, 3.63) is 17.7 Å². The van der Waals surface area contributed by atoms with E-state index in [0.717, 1.165) is 6.26 Å². The standard InChI is InChI=1S/C10H15NO4S/c1-14-8-4-5-9(15-2)10(7(8)6-11)16(3,12)13/h4-5H,6,11H2,1-3H3. The molecule has 1 aromatic rings. The normalized spacial score (nSPS) is 11.2. The monoisotopic (exact) mass is 245 g/mol. The van der Waals surface area contributed by atoms with Crippen molar-refractivity contribution in [2.24, 2.45) is 5.73 Å². The zero-order valence-electron chi connectivity index (χ0n) is 9.48. The predicted molar refractivity (Wildman–Crippen MR) is 60.5 cm³/mol. The van der Waals surface area contributed by atoms with Gasteiger partial charge in [-0.25, -0.2) is 8.42 Å². The minimum Gasteiger partial charge on any atom is -0.496 e. The zero-order valence-corrected chi connectivity index (χ0v) is 10.3. The maximum absolute atomic E-state index is 11.7. The third-order valence-corrected chi connectivity index (χ3v) is 3.39. The van der Waals surface area contributed by atoms with Crippen molar-refractivity contribution in [1.29, 1.82) is 0 Å². The summed E-state index contributed by atoms with van der Waals surface area (Å²) in [4.78, 5) is 0.0943. The minimum absolute atomic E-state index is 0.0722. The maximum atomic E-state index is 11.7. The lowest BCUT2D eigenvalue weighted by Crippen LogP contribution is -2.10. The Morgan fingerprint density at radius 2 is 1.69 bits per heavy atom. The molecule has 0 atom stereocenters. The van der Waals surface area contributed by atoms with Crippen LogP contribution in [0.4, 0.5) is 0 Å². The second kappa shape index (κ2) is 4.71. The van der Waals surface area contributed by atoms with Gasteiger partial charge in [0.1, 0.15) is 16.4 Å². The summed E-state index contributed by atoms with van der Waals surface area (Å²) in [5.41, 5.74) is 5.98. The number of rotatable bonds is 4. The summed E-state index contributed by atoms with van der Waals surface area (Å²) >= 11 is 0. The highest BCUT2D eigenvalue weighted by Crippen LogP contribution is 2.33. The number of ether oxygens (including phenoxy) is 2. The molecule has 1 rings (SSSR count). The molecule has 0 spiro atoms. The third-order valence-electron chi connectivity index (χ3n) is 2.20. The van der Waals surface area contributed by atoms with Crippen LogP contribution in [-0.4, -0.2) is 28.9 Å². The van der Waals surface area contributed by atoms with Crippen LogP contribution in [-0.2, 0) is 16.4 Å². The van der Waals surface area contributed by atoms with Crippen LogP contribution in [0.2, 0.25) is 0 Å². The van der Waals surface area contributed by atoms with E-state index in [1.165, 1.54) is 14.2 Å². The molecule has 0 aliphatic heterocycles. The first kappa shape index (κ1) is 12.8. The molecule has 0 aliphatic carbocycles. The number of hydrogen-bond acceptors (Lipinski definition) is 5. The highest BCUT2D eigenvalue weighted by atomic mass is 32.2. The molecule has 0 bridgehead atoms. The van der Waals surface area contributed by atoms with Crippen LogP contribution in [0.3, 0.4) is 0 Å². The van der Waals surface area contributed by atoms with E-state index in [0.29, 0.717) is 11.3 Å². The van der Waals surface area contributed by atoms with Gasteiger partial charge in [-0.05, 0) is 12.1 Å². The Hall–Kier alpha value is -1.27. The molecule has 0 saturated heterocycles. The van der Waals surface area contributed by atoms with Crippen molar-refractivity contribution in [2.45, 2.75) is 11.4 Å². The summed E-state index contributed by atoms with van der Waals surface area (Å²) < 4.78 is 33.4. The Labute approximate surface area is 95.1 Å². The molecule has 16 heavy (non-hydrogen) atoms. The summed E-state index contributed by atoms with van der Waals surface area (Å²) in [7, 11) is -0.527. The minimum atomic E-state index is -3.41. The van der Waals surface area contributed by atoms with E-state index in [1.807, 2.05) is 0 Å². The average molecular weight is 245 g/mol. The van der Waals surface area contributed by atoms with Gasteiger partial charge in [0.25, 0.3) is 0 Å². The van der Waals surface area contributed by atoms with E-state index < -0.39 is 9.84 Å². The van der Waals surface area contributed by atoms with Crippen molar-refractivity contribution < 1.29 is 17.9 Å². The fourth-order valence-corrected chi connectivity index (χ4v) is 2.69. The molecule has 0 heterocycles. The van der Waals surface area contributed by atoms with Crippen LogP contribution in [0, 0.1) is 0 Å². The van der Waals surface area contributed by atoms with Gasteiger partial charge in [-0.15, -0.1) is 0 Å². The van der Waals surface area contributed by atoms with Gasteiger partial charge in [0.2, 0.25) is 0 Å². The van der Waals surface area contributed by atoms with Gasteiger partial charge in [0, 0.05) is 18.4 Å². The Bertz CT molecular complexity index is 482. The van der Waals surface area contributed by atoms with Gasteiger partial charge < -0.3 is 15.2 Å². The molecule has 0 aliphatic rings. The SMILES string of the molecule is COc1ccc(OC)c(S(C)(=O)=O)c1CN. The number of methoxy groups -OCH3 is 2. The second-order valence-electron chi connectivity index (χ2n) is 3.25. The largest absolute Gasteiger partial charge is 0.496 e. The zero-order chi connectivity index (χ0) is 12.3. The fraction of sp³-hybridized carbons (Fsp3) is 0.400. The molecule has 90 valence electrons. The molecule has 0 saturated carbocycles. The summed E-state index contributed by atoms with van der Waals surface area (Å²) in [5, 5.41) is 0. The van der Waals surface area contributed by atoms with Crippen LogP contribution >= 0.6 is 0 Å². The molecule has 2 N–H and O–H groups in total. The Balaban J connectivity index is 3.63. The summed E-state index contributed by atoms with van der Waals surface area (Å²) in [6, 6.07) is 3.18. The Morgan fingerprint density at radius 3 is 2.06 bits per heavy atom. The molecule has 5 nitrogen and oxygen atoms in total. The number of hydrogen-bond donors (Lipinski definition) is 1. The molecular weight excluding hydrogens is 230 g/mol. The molecule has 0 unspecified atom stereocenters. The van der Waals surface area contributed by atoms with Crippen molar-refractivity contribution in [3.63, 3.8) is 0 Å². The smallest absolute Gasteiger partial charge is 0.179 e. The lowest BCUT2D eigenvalue weighted by molar-refractivity contribution is 0.387. The van der Waals surface area contributed by atoms with Gasteiger partial charge in [0.05, 0.1) is 14.2 Å². The first-order valence-electron chi connectivity index (χ1n) is 4.59. The molecule has 1 aromatic carbocycles. The van der Waals surface area contributed by atoms with Crippen LogP contribution in [0.5, 0.6) is 11.5 Å². The van der Waals surface area contributed by atoms with Gasteiger partial charge in [-0.1, -0.05) is 0 Å². The van der Waals surface area contributed by atoms with Gasteiger partial charge in [-0.2, -0.15) is 0 Å². The van der Waals surface area contributed by atoms with E-state index in [-0.39, 0.29) is 17.2 Å². The average Bonchev–Trinajstić information content (AvgIpc) is 2.25. The fourth-order valence-electron chi connectivity index (χ4n) is 1.54. The summed E-state index contributed by atoms with van der Waals surface area (Å²) in [5.74, 6) is 0.729. The second-order valence-corrected chi connectivity index (χ2v) is 5.21. The highest BCUT2D eigenvalue weighted by Gasteiger charge is 2.21. The molecular formula is C10H15NO4S.